The maximum absolute atomic E-state index is 11.6. The zero-order valence-electron chi connectivity index (χ0n) is 14.7. The lowest BCUT2D eigenvalue weighted by molar-refractivity contribution is -0.131. The number of rotatable bonds is 9. The van der Waals surface area contributed by atoms with Crippen molar-refractivity contribution in [2.75, 3.05) is 13.2 Å². The molecule has 0 unspecified atom stereocenters. The average molecular weight is 409 g/mol. The fourth-order valence-corrected chi connectivity index (χ4v) is 2.95. The van der Waals surface area contributed by atoms with E-state index in [4.69, 9.17) is 31.9 Å². The SMILES string of the molecule is C#CCOc1c(Cl)cc(/C=C(\Sc2nnc(CC)o2)C(=O)O)cc1OCC. The maximum Gasteiger partial charge on any atom is 0.342 e. The molecule has 2 rings (SSSR count). The van der Waals surface area contributed by atoms with Crippen LogP contribution in [-0.2, 0) is 11.2 Å². The quantitative estimate of drug-likeness (QED) is 0.379. The first-order valence-corrected chi connectivity index (χ1v) is 9.15. The summed E-state index contributed by atoms with van der Waals surface area (Å²) >= 11 is 7.10. The molecule has 9 heteroatoms. The van der Waals surface area contributed by atoms with Gasteiger partial charge in [0.15, 0.2) is 11.5 Å². The van der Waals surface area contributed by atoms with E-state index in [0.29, 0.717) is 36.0 Å². The Morgan fingerprint density at radius 1 is 1.41 bits per heavy atom. The van der Waals surface area contributed by atoms with E-state index >= 15 is 0 Å². The Kier molecular flexibility index (Phi) is 7.58. The Morgan fingerprint density at radius 3 is 2.78 bits per heavy atom. The van der Waals surface area contributed by atoms with Crippen molar-refractivity contribution in [1.82, 2.24) is 10.2 Å². The molecule has 0 bridgehead atoms. The standard InChI is InChI=1S/C18H17ClN2O5S/c1-4-7-25-16-12(19)8-11(9-13(16)24-6-3)10-14(17(22)23)27-18-21-20-15(5-2)26-18/h1,8-10H,5-7H2,2-3H3,(H,22,23)/b14-10-. The molecule has 0 fully saturated rings. The topological polar surface area (TPSA) is 94.7 Å². The van der Waals surface area contributed by atoms with Gasteiger partial charge in [0.25, 0.3) is 5.22 Å². The minimum absolute atomic E-state index is 0.0166. The number of carbonyl (C=O) groups is 1. The Hall–Kier alpha value is -2.63. The van der Waals surface area contributed by atoms with Crippen LogP contribution < -0.4 is 9.47 Å². The molecule has 0 spiro atoms. The van der Waals surface area contributed by atoms with Crippen molar-refractivity contribution in [1.29, 1.82) is 0 Å². The first kappa shape index (κ1) is 20.7. The molecule has 0 saturated carbocycles. The number of hydrogen-bond acceptors (Lipinski definition) is 7. The predicted molar refractivity (Wildman–Crippen MR) is 102 cm³/mol. The number of aliphatic carboxylic acids is 1. The Balaban J connectivity index is 2.37. The van der Waals surface area contributed by atoms with Gasteiger partial charge >= 0.3 is 5.97 Å². The predicted octanol–water partition coefficient (Wildman–Crippen LogP) is 3.91. The second kappa shape index (κ2) is 9.90. The molecule has 7 nitrogen and oxygen atoms in total. The summed E-state index contributed by atoms with van der Waals surface area (Å²) in [5, 5.41) is 17.5. The fourth-order valence-electron chi connectivity index (χ4n) is 1.99. The summed E-state index contributed by atoms with van der Waals surface area (Å²) in [6.45, 7) is 4.07. The molecular weight excluding hydrogens is 392 g/mol. The molecular formula is C18H17ClN2O5S. The number of halogens is 1. The van der Waals surface area contributed by atoms with E-state index in [1.165, 1.54) is 6.08 Å². The van der Waals surface area contributed by atoms with Gasteiger partial charge in [0.2, 0.25) is 5.89 Å². The number of ether oxygens (including phenoxy) is 2. The minimum atomic E-state index is -1.14. The van der Waals surface area contributed by atoms with Crippen LogP contribution in [0.5, 0.6) is 11.5 Å². The lowest BCUT2D eigenvalue weighted by Gasteiger charge is -2.13. The molecule has 0 radical (unpaired) electrons. The molecule has 0 aliphatic carbocycles. The molecule has 27 heavy (non-hydrogen) atoms. The van der Waals surface area contributed by atoms with Crippen LogP contribution in [0.15, 0.2) is 26.7 Å². The first-order chi connectivity index (χ1) is 13.0. The number of carboxylic acids is 1. The molecule has 0 saturated heterocycles. The van der Waals surface area contributed by atoms with Gasteiger partial charge in [-0.15, -0.1) is 16.6 Å². The largest absolute Gasteiger partial charge is 0.490 e. The monoisotopic (exact) mass is 408 g/mol. The van der Waals surface area contributed by atoms with Crippen molar-refractivity contribution in [2.24, 2.45) is 0 Å². The summed E-state index contributed by atoms with van der Waals surface area (Å²) in [5.41, 5.74) is 0.511. The lowest BCUT2D eigenvalue weighted by atomic mass is 10.2. The van der Waals surface area contributed by atoms with Gasteiger partial charge in [-0.2, -0.15) is 0 Å². The number of terminal acetylenes is 1. The van der Waals surface area contributed by atoms with Crippen LogP contribution in [0.4, 0.5) is 0 Å². The maximum atomic E-state index is 11.6. The third-order valence-electron chi connectivity index (χ3n) is 3.09. The fraction of sp³-hybridized carbons (Fsp3) is 0.278. The number of carboxylic acid groups (broad SMARTS) is 1. The molecule has 0 atom stereocenters. The molecule has 1 heterocycles. The Bertz CT molecular complexity index is 888. The van der Waals surface area contributed by atoms with Crippen molar-refractivity contribution in [3.63, 3.8) is 0 Å². The van der Waals surface area contributed by atoms with Crippen molar-refractivity contribution >= 4 is 35.4 Å². The molecule has 2 aromatic rings. The normalized spacial score (nSPS) is 11.1. The molecule has 1 N–H and O–H groups in total. The summed E-state index contributed by atoms with van der Waals surface area (Å²) in [6, 6.07) is 3.18. The van der Waals surface area contributed by atoms with E-state index in [-0.39, 0.29) is 21.8 Å². The highest BCUT2D eigenvalue weighted by atomic mass is 35.5. The highest BCUT2D eigenvalue weighted by molar-refractivity contribution is 8.03. The summed E-state index contributed by atoms with van der Waals surface area (Å²) in [7, 11) is 0. The third-order valence-corrected chi connectivity index (χ3v) is 4.22. The summed E-state index contributed by atoms with van der Waals surface area (Å²) in [6.07, 6.45) is 7.20. The van der Waals surface area contributed by atoms with E-state index in [0.717, 1.165) is 11.8 Å². The molecule has 1 aromatic carbocycles. The van der Waals surface area contributed by atoms with Crippen LogP contribution in [-0.4, -0.2) is 34.5 Å². The van der Waals surface area contributed by atoms with Gasteiger partial charge in [0, 0.05) is 6.42 Å². The van der Waals surface area contributed by atoms with Gasteiger partial charge in [-0.05, 0) is 42.5 Å². The van der Waals surface area contributed by atoms with Crippen molar-refractivity contribution in [3.05, 3.63) is 33.5 Å². The zero-order chi connectivity index (χ0) is 19.8. The van der Waals surface area contributed by atoms with Gasteiger partial charge in [-0.3, -0.25) is 0 Å². The van der Waals surface area contributed by atoms with E-state index < -0.39 is 5.97 Å². The van der Waals surface area contributed by atoms with Crippen LogP contribution in [0, 0.1) is 12.3 Å². The Labute approximate surface area is 165 Å². The van der Waals surface area contributed by atoms with Crippen molar-refractivity contribution < 1.29 is 23.8 Å². The number of aromatic nitrogens is 2. The number of nitrogens with zero attached hydrogens (tertiary/aromatic N) is 2. The molecule has 142 valence electrons. The van der Waals surface area contributed by atoms with Gasteiger partial charge in [-0.1, -0.05) is 24.4 Å². The average Bonchev–Trinajstić information content (AvgIpc) is 3.08. The minimum Gasteiger partial charge on any atom is -0.490 e. The molecule has 0 amide bonds. The van der Waals surface area contributed by atoms with E-state index in [1.54, 1.807) is 19.1 Å². The summed E-state index contributed by atoms with van der Waals surface area (Å²) < 4.78 is 16.3. The third kappa shape index (κ3) is 5.67. The summed E-state index contributed by atoms with van der Waals surface area (Å²) in [4.78, 5) is 11.6. The van der Waals surface area contributed by atoms with Gasteiger partial charge in [-0.25, -0.2) is 4.79 Å². The highest BCUT2D eigenvalue weighted by Crippen LogP contribution is 2.38. The van der Waals surface area contributed by atoms with Gasteiger partial charge in [0.1, 0.15) is 11.5 Å². The number of thioether (sulfide) groups is 1. The van der Waals surface area contributed by atoms with E-state index in [2.05, 4.69) is 16.1 Å². The van der Waals surface area contributed by atoms with Crippen LogP contribution >= 0.6 is 23.4 Å². The summed E-state index contributed by atoms with van der Waals surface area (Å²) in [5.74, 6) is 2.32. The second-order valence-electron chi connectivity index (χ2n) is 4.99. The molecule has 0 aliphatic rings. The van der Waals surface area contributed by atoms with Crippen molar-refractivity contribution in [3.8, 4) is 23.8 Å². The lowest BCUT2D eigenvalue weighted by Crippen LogP contribution is -2.01. The molecule has 1 aromatic heterocycles. The van der Waals surface area contributed by atoms with Crippen LogP contribution in [0.2, 0.25) is 5.02 Å². The second-order valence-corrected chi connectivity index (χ2v) is 6.39. The van der Waals surface area contributed by atoms with Crippen LogP contribution in [0.1, 0.15) is 25.3 Å². The molecule has 0 aliphatic heterocycles. The number of hydrogen-bond donors (Lipinski definition) is 1. The van der Waals surface area contributed by atoms with Crippen molar-refractivity contribution in [2.45, 2.75) is 25.5 Å². The van der Waals surface area contributed by atoms with Gasteiger partial charge in [0.05, 0.1) is 11.6 Å². The van der Waals surface area contributed by atoms with Crippen LogP contribution in [0.3, 0.4) is 0 Å². The number of aryl methyl sites for hydroxylation is 1. The zero-order valence-corrected chi connectivity index (χ0v) is 16.3. The number of benzene rings is 1. The first-order valence-electron chi connectivity index (χ1n) is 7.96. The van der Waals surface area contributed by atoms with E-state index in [9.17, 15) is 9.90 Å². The Morgan fingerprint density at radius 2 is 2.19 bits per heavy atom. The van der Waals surface area contributed by atoms with Gasteiger partial charge < -0.3 is 19.0 Å². The van der Waals surface area contributed by atoms with Crippen LogP contribution in [0.25, 0.3) is 6.08 Å². The highest BCUT2D eigenvalue weighted by Gasteiger charge is 2.17. The smallest absolute Gasteiger partial charge is 0.342 e. The van der Waals surface area contributed by atoms with E-state index in [1.807, 2.05) is 6.92 Å².